The van der Waals surface area contributed by atoms with E-state index in [4.69, 9.17) is 4.74 Å². The molecule has 0 saturated carbocycles. The van der Waals surface area contributed by atoms with Gasteiger partial charge in [-0.1, -0.05) is 0 Å². The molecule has 6 heteroatoms. The zero-order valence-electron chi connectivity index (χ0n) is 13.6. The van der Waals surface area contributed by atoms with Gasteiger partial charge in [0.1, 0.15) is 5.54 Å². The molecule has 3 aliphatic rings. The molecule has 0 aromatic carbocycles. The van der Waals surface area contributed by atoms with E-state index < -0.39 is 5.54 Å². The Morgan fingerprint density at radius 1 is 1.27 bits per heavy atom. The maximum absolute atomic E-state index is 12.4. The van der Waals surface area contributed by atoms with Crippen LogP contribution in [0.25, 0.3) is 0 Å². The first-order chi connectivity index (χ1) is 10.5. The molecule has 3 aliphatic heterocycles. The molecule has 22 heavy (non-hydrogen) atoms. The zero-order chi connectivity index (χ0) is 15.7. The highest BCUT2D eigenvalue weighted by Gasteiger charge is 2.51. The van der Waals surface area contributed by atoms with Crippen molar-refractivity contribution < 1.29 is 14.3 Å². The van der Waals surface area contributed by atoms with Gasteiger partial charge in [-0.2, -0.15) is 0 Å². The Morgan fingerprint density at radius 3 is 2.64 bits per heavy atom. The van der Waals surface area contributed by atoms with Crippen LogP contribution in [0, 0.1) is 11.8 Å². The fourth-order valence-corrected chi connectivity index (χ4v) is 4.06. The lowest BCUT2D eigenvalue weighted by atomic mass is 9.79. The van der Waals surface area contributed by atoms with E-state index in [1.807, 2.05) is 6.92 Å². The summed E-state index contributed by atoms with van der Waals surface area (Å²) in [4.78, 5) is 27.9. The minimum absolute atomic E-state index is 0.0876. The number of hydrogen-bond acceptors (Lipinski definition) is 4. The minimum Gasteiger partial charge on any atom is -0.381 e. The van der Waals surface area contributed by atoms with Crippen molar-refractivity contribution >= 4 is 11.9 Å². The van der Waals surface area contributed by atoms with Crippen molar-refractivity contribution in [2.45, 2.75) is 38.1 Å². The summed E-state index contributed by atoms with van der Waals surface area (Å²) in [6, 6.07) is -0.269. The average molecular weight is 309 g/mol. The molecule has 3 amide bonds. The summed E-state index contributed by atoms with van der Waals surface area (Å²) in [6.07, 6.45) is 4.37. The predicted octanol–water partition coefficient (Wildman–Crippen LogP) is 1.07. The van der Waals surface area contributed by atoms with Crippen LogP contribution in [-0.2, 0) is 9.53 Å². The van der Waals surface area contributed by atoms with E-state index in [1.54, 1.807) is 7.05 Å². The summed E-state index contributed by atoms with van der Waals surface area (Å²) in [5.74, 6) is 0.815. The molecule has 0 spiro atoms. The van der Waals surface area contributed by atoms with Gasteiger partial charge in [-0.3, -0.25) is 9.69 Å². The fourth-order valence-electron chi connectivity index (χ4n) is 4.06. The number of ether oxygens (including phenoxy) is 1. The van der Waals surface area contributed by atoms with E-state index in [1.165, 1.54) is 4.90 Å². The maximum Gasteiger partial charge on any atom is 0.324 e. The van der Waals surface area contributed by atoms with Gasteiger partial charge in [0.05, 0.1) is 0 Å². The monoisotopic (exact) mass is 309 g/mol. The number of rotatable bonds is 3. The average Bonchev–Trinajstić information content (AvgIpc) is 2.73. The Labute approximate surface area is 132 Å². The number of piperidine rings is 1. The van der Waals surface area contributed by atoms with Crippen LogP contribution < -0.4 is 5.32 Å². The van der Waals surface area contributed by atoms with Gasteiger partial charge in [-0.05, 0) is 45.1 Å². The molecule has 0 unspecified atom stereocenters. The van der Waals surface area contributed by atoms with Crippen molar-refractivity contribution in [1.82, 2.24) is 15.1 Å². The molecule has 2 atom stereocenters. The van der Waals surface area contributed by atoms with Gasteiger partial charge in [-0.25, -0.2) is 4.79 Å². The Balaban J connectivity index is 1.62. The first-order valence-electron chi connectivity index (χ1n) is 8.41. The molecule has 3 fully saturated rings. The molecule has 0 radical (unpaired) electrons. The Hall–Kier alpha value is -1.14. The quantitative estimate of drug-likeness (QED) is 0.792. The van der Waals surface area contributed by atoms with E-state index in [0.717, 1.165) is 58.5 Å². The number of carbonyl (C=O) groups excluding carboxylic acids is 2. The first kappa shape index (κ1) is 15.7. The third-order valence-electron chi connectivity index (χ3n) is 5.60. The molecule has 1 N–H and O–H groups in total. The van der Waals surface area contributed by atoms with E-state index >= 15 is 0 Å². The largest absolute Gasteiger partial charge is 0.381 e. The van der Waals surface area contributed by atoms with E-state index in [2.05, 4.69) is 10.2 Å². The van der Waals surface area contributed by atoms with Crippen molar-refractivity contribution in [1.29, 1.82) is 0 Å². The molecular weight excluding hydrogens is 282 g/mol. The highest BCUT2D eigenvalue weighted by Crippen LogP contribution is 2.32. The summed E-state index contributed by atoms with van der Waals surface area (Å²) in [5, 5.41) is 2.91. The highest BCUT2D eigenvalue weighted by molar-refractivity contribution is 6.06. The Bertz CT molecular complexity index is 450. The van der Waals surface area contributed by atoms with Crippen LogP contribution in [-0.4, -0.2) is 67.2 Å². The second-order valence-corrected chi connectivity index (χ2v) is 7.15. The second kappa shape index (κ2) is 6.16. The normalized spacial score (nSPS) is 35.0. The Morgan fingerprint density at radius 2 is 2.00 bits per heavy atom. The Kier molecular flexibility index (Phi) is 4.41. The number of urea groups is 1. The lowest BCUT2D eigenvalue weighted by molar-refractivity contribution is -0.132. The predicted molar refractivity (Wildman–Crippen MR) is 82.4 cm³/mol. The summed E-state index contributed by atoms with van der Waals surface area (Å²) in [7, 11) is 1.56. The van der Waals surface area contributed by atoms with Gasteiger partial charge >= 0.3 is 6.03 Å². The fraction of sp³-hybridized carbons (Fsp3) is 0.875. The van der Waals surface area contributed by atoms with Gasteiger partial charge in [0.15, 0.2) is 0 Å². The number of nitrogens with zero attached hydrogens (tertiary/aromatic N) is 2. The van der Waals surface area contributed by atoms with Gasteiger partial charge in [0.2, 0.25) is 0 Å². The first-order valence-corrected chi connectivity index (χ1v) is 8.41. The maximum atomic E-state index is 12.4. The van der Waals surface area contributed by atoms with Crippen LogP contribution in [0.5, 0.6) is 0 Å². The van der Waals surface area contributed by atoms with Crippen molar-refractivity contribution in [2.75, 3.05) is 39.9 Å². The minimum atomic E-state index is -0.736. The summed E-state index contributed by atoms with van der Waals surface area (Å²) in [5.41, 5.74) is -0.736. The van der Waals surface area contributed by atoms with Crippen molar-refractivity contribution in [3.63, 3.8) is 0 Å². The van der Waals surface area contributed by atoms with Gasteiger partial charge in [0.25, 0.3) is 5.91 Å². The van der Waals surface area contributed by atoms with Crippen molar-refractivity contribution in [3.8, 4) is 0 Å². The van der Waals surface area contributed by atoms with Gasteiger partial charge in [-0.15, -0.1) is 0 Å². The number of nitrogens with one attached hydrogen (secondary N) is 1. The number of carbonyl (C=O) groups is 2. The van der Waals surface area contributed by atoms with Crippen LogP contribution >= 0.6 is 0 Å². The van der Waals surface area contributed by atoms with E-state index in [9.17, 15) is 9.59 Å². The number of imide groups is 1. The van der Waals surface area contributed by atoms with Crippen LogP contribution in [0.3, 0.4) is 0 Å². The molecule has 0 aromatic heterocycles. The summed E-state index contributed by atoms with van der Waals surface area (Å²) < 4.78 is 5.43. The van der Waals surface area contributed by atoms with Crippen LogP contribution in [0.4, 0.5) is 4.79 Å². The molecule has 3 rings (SSSR count). The number of likely N-dealkylation sites (tertiary alicyclic amines) is 1. The SMILES string of the molecule is CN1C(=O)N[C@@](C)([C@@H]2CCCN(CC3CCOCC3)C2)C1=O. The molecule has 3 heterocycles. The topological polar surface area (TPSA) is 61.9 Å². The lowest BCUT2D eigenvalue weighted by Crippen LogP contribution is -2.56. The summed E-state index contributed by atoms with van der Waals surface area (Å²) in [6.45, 7) is 6.72. The molecule has 3 saturated heterocycles. The van der Waals surface area contributed by atoms with Crippen molar-refractivity contribution in [2.24, 2.45) is 11.8 Å². The standard InChI is InChI=1S/C16H27N3O3/c1-16(14(20)18(2)15(21)17-16)13-4-3-7-19(11-13)10-12-5-8-22-9-6-12/h12-13H,3-11H2,1-2H3,(H,17,21)/t13-,16+/m1/s1. The number of likely N-dealkylation sites (N-methyl/N-ethyl adjacent to an activating group) is 1. The van der Waals surface area contributed by atoms with E-state index in [0.29, 0.717) is 5.92 Å². The van der Waals surface area contributed by atoms with Crippen LogP contribution in [0.1, 0.15) is 32.6 Å². The molecule has 124 valence electrons. The van der Waals surface area contributed by atoms with Gasteiger partial charge in [0, 0.05) is 39.3 Å². The van der Waals surface area contributed by atoms with Gasteiger partial charge < -0.3 is 15.0 Å². The highest BCUT2D eigenvalue weighted by atomic mass is 16.5. The lowest BCUT2D eigenvalue weighted by Gasteiger charge is -2.41. The molecule has 0 bridgehead atoms. The third kappa shape index (κ3) is 2.86. The van der Waals surface area contributed by atoms with Crippen molar-refractivity contribution in [3.05, 3.63) is 0 Å². The number of hydrogen-bond donors (Lipinski definition) is 1. The smallest absolute Gasteiger partial charge is 0.324 e. The second-order valence-electron chi connectivity index (χ2n) is 7.15. The molecule has 0 aliphatic carbocycles. The van der Waals surface area contributed by atoms with Crippen LogP contribution in [0.2, 0.25) is 0 Å². The zero-order valence-corrected chi connectivity index (χ0v) is 13.6. The van der Waals surface area contributed by atoms with E-state index in [-0.39, 0.29) is 17.9 Å². The molecule has 6 nitrogen and oxygen atoms in total. The number of amides is 3. The van der Waals surface area contributed by atoms with Crippen LogP contribution in [0.15, 0.2) is 0 Å². The summed E-state index contributed by atoms with van der Waals surface area (Å²) >= 11 is 0. The molecular formula is C16H27N3O3. The molecule has 0 aromatic rings. The third-order valence-corrected chi connectivity index (χ3v) is 5.60.